The molecule has 0 aliphatic rings. The van der Waals surface area contributed by atoms with E-state index in [2.05, 4.69) is 4.98 Å². The van der Waals surface area contributed by atoms with Crippen molar-refractivity contribution < 1.29 is 9.53 Å². The van der Waals surface area contributed by atoms with Crippen LogP contribution in [-0.4, -0.2) is 11.0 Å². The van der Waals surface area contributed by atoms with Gasteiger partial charge in [-0.2, -0.15) is 11.3 Å². The average Bonchev–Trinajstić information content (AvgIpc) is 3.23. The molecule has 2 heterocycles. The predicted octanol–water partition coefficient (Wildman–Crippen LogP) is 4.63. The normalized spacial score (nSPS) is 10.9. The van der Waals surface area contributed by atoms with E-state index in [4.69, 9.17) is 4.74 Å². The maximum atomic E-state index is 11.7. The lowest BCUT2D eigenvalue weighted by Gasteiger charge is -1.98. The van der Waals surface area contributed by atoms with Crippen LogP contribution in [0.3, 0.4) is 0 Å². The molecular weight excluding hydrogens is 314 g/mol. The summed E-state index contributed by atoms with van der Waals surface area (Å²) in [5.74, 6) is -0.361. The van der Waals surface area contributed by atoms with E-state index < -0.39 is 0 Å². The molecule has 110 valence electrons. The number of aromatic nitrogens is 1. The van der Waals surface area contributed by atoms with E-state index >= 15 is 0 Å². The molecule has 3 rings (SSSR count). The van der Waals surface area contributed by atoms with E-state index in [1.54, 1.807) is 28.7 Å². The molecule has 0 bridgehead atoms. The zero-order valence-corrected chi connectivity index (χ0v) is 13.3. The van der Waals surface area contributed by atoms with Crippen molar-refractivity contribution in [3.05, 3.63) is 69.9 Å². The fraction of sp³-hybridized carbons (Fsp3) is 0.0588. The molecule has 0 atom stereocenters. The third kappa shape index (κ3) is 3.90. The zero-order valence-electron chi connectivity index (χ0n) is 11.6. The lowest BCUT2D eigenvalue weighted by Crippen LogP contribution is -2.00. The molecule has 0 saturated heterocycles. The Morgan fingerprint density at radius 1 is 1.18 bits per heavy atom. The van der Waals surface area contributed by atoms with Gasteiger partial charge in [0.25, 0.3) is 0 Å². The predicted molar refractivity (Wildman–Crippen MR) is 90.7 cm³/mol. The van der Waals surface area contributed by atoms with Crippen molar-refractivity contribution in [3.63, 3.8) is 0 Å². The van der Waals surface area contributed by atoms with Gasteiger partial charge < -0.3 is 4.74 Å². The summed E-state index contributed by atoms with van der Waals surface area (Å²) < 4.78 is 5.20. The minimum absolute atomic E-state index is 0.191. The Morgan fingerprint density at radius 2 is 2.05 bits per heavy atom. The Bertz CT molecular complexity index is 761. The molecule has 0 amide bonds. The number of esters is 1. The molecule has 0 N–H and O–H groups in total. The van der Waals surface area contributed by atoms with Gasteiger partial charge in [-0.1, -0.05) is 30.3 Å². The highest BCUT2D eigenvalue weighted by Crippen LogP contribution is 2.23. The number of hydrogen-bond donors (Lipinski definition) is 0. The smallest absolute Gasteiger partial charge is 0.331 e. The molecule has 3 aromatic rings. The largest absolute Gasteiger partial charge is 0.456 e. The first-order valence-corrected chi connectivity index (χ1v) is 8.50. The standard InChI is InChI=1S/C17H13NO2S2/c19-16(7-6-13-8-9-21-11-13)20-10-15-12-22-17(18-15)14-4-2-1-3-5-14/h1-9,11-12H,10H2/b7-6+. The zero-order chi connectivity index (χ0) is 15.2. The Morgan fingerprint density at radius 3 is 2.82 bits per heavy atom. The minimum atomic E-state index is -0.361. The fourth-order valence-electron chi connectivity index (χ4n) is 1.81. The first-order chi connectivity index (χ1) is 10.8. The Kier molecular flexibility index (Phi) is 4.78. The van der Waals surface area contributed by atoms with Gasteiger partial charge in [0.1, 0.15) is 11.6 Å². The number of ether oxygens (including phenoxy) is 1. The molecule has 0 saturated carbocycles. The van der Waals surface area contributed by atoms with Gasteiger partial charge in [-0.15, -0.1) is 11.3 Å². The monoisotopic (exact) mass is 327 g/mol. The van der Waals surface area contributed by atoms with Gasteiger partial charge in [-0.3, -0.25) is 0 Å². The van der Waals surface area contributed by atoms with Crippen molar-refractivity contribution in [1.82, 2.24) is 4.98 Å². The summed E-state index contributed by atoms with van der Waals surface area (Å²) in [6, 6.07) is 11.9. The lowest BCUT2D eigenvalue weighted by molar-refractivity contribution is -0.139. The summed E-state index contributed by atoms with van der Waals surface area (Å²) in [4.78, 5) is 16.1. The van der Waals surface area contributed by atoms with Crippen LogP contribution >= 0.6 is 22.7 Å². The molecule has 0 unspecified atom stereocenters. The van der Waals surface area contributed by atoms with Crippen molar-refractivity contribution in [2.45, 2.75) is 6.61 Å². The lowest BCUT2D eigenvalue weighted by atomic mass is 10.2. The van der Waals surface area contributed by atoms with E-state index in [0.717, 1.165) is 21.8 Å². The first-order valence-electron chi connectivity index (χ1n) is 6.68. The van der Waals surface area contributed by atoms with Crippen LogP contribution in [0, 0.1) is 0 Å². The van der Waals surface area contributed by atoms with Gasteiger partial charge in [-0.05, 0) is 28.5 Å². The van der Waals surface area contributed by atoms with Gasteiger partial charge >= 0.3 is 5.97 Å². The third-order valence-corrected chi connectivity index (χ3v) is 4.53. The third-order valence-electron chi connectivity index (χ3n) is 2.89. The molecule has 0 spiro atoms. The average molecular weight is 327 g/mol. The van der Waals surface area contributed by atoms with Gasteiger partial charge in [0.2, 0.25) is 0 Å². The highest BCUT2D eigenvalue weighted by molar-refractivity contribution is 7.13. The van der Waals surface area contributed by atoms with Crippen LogP contribution in [0.4, 0.5) is 0 Å². The SMILES string of the molecule is O=C(/C=C/c1ccsc1)OCc1csc(-c2ccccc2)n1. The summed E-state index contributed by atoms with van der Waals surface area (Å²) in [7, 11) is 0. The van der Waals surface area contributed by atoms with E-state index in [1.807, 2.05) is 52.5 Å². The summed E-state index contributed by atoms with van der Waals surface area (Å²) in [5, 5.41) is 6.78. The van der Waals surface area contributed by atoms with Gasteiger partial charge in [0, 0.05) is 17.0 Å². The van der Waals surface area contributed by atoms with Crippen LogP contribution in [0.25, 0.3) is 16.6 Å². The minimum Gasteiger partial charge on any atom is -0.456 e. The second-order valence-corrected chi connectivity index (χ2v) is 6.15. The van der Waals surface area contributed by atoms with Crippen molar-refractivity contribution in [3.8, 4) is 10.6 Å². The molecule has 5 heteroatoms. The van der Waals surface area contributed by atoms with Crippen molar-refractivity contribution in [2.24, 2.45) is 0 Å². The van der Waals surface area contributed by atoms with Gasteiger partial charge in [0.05, 0.1) is 5.69 Å². The van der Waals surface area contributed by atoms with Crippen LogP contribution in [0.5, 0.6) is 0 Å². The van der Waals surface area contributed by atoms with Crippen molar-refractivity contribution in [1.29, 1.82) is 0 Å². The molecule has 0 radical (unpaired) electrons. The number of thiazole rings is 1. The number of thiophene rings is 1. The number of carbonyl (C=O) groups is 1. The number of rotatable bonds is 5. The summed E-state index contributed by atoms with van der Waals surface area (Å²) in [6.07, 6.45) is 3.18. The molecule has 0 fully saturated rings. The van der Waals surface area contributed by atoms with Crippen molar-refractivity contribution >= 4 is 34.7 Å². The molecule has 0 aliphatic carbocycles. The quantitative estimate of drug-likeness (QED) is 0.507. The van der Waals surface area contributed by atoms with E-state index in [-0.39, 0.29) is 12.6 Å². The molecule has 1 aromatic carbocycles. The van der Waals surface area contributed by atoms with Crippen molar-refractivity contribution in [2.75, 3.05) is 0 Å². The maximum Gasteiger partial charge on any atom is 0.331 e. The van der Waals surface area contributed by atoms with Crippen LogP contribution in [-0.2, 0) is 16.1 Å². The number of hydrogen-bond acceptors (Lipinski definition) is 5. The van der Waals surface area contributed by atoms with Gasteiger partial charge in [0.15, 0.2) is 0 Å². The summed E-state index contributed by atoms with van der Waals surface area (Å²) >= 11 is 3.14. The second-order valence-electron chi connectivity index (χ2n) is 4.51. The van der Waals surface area contributed by atoms with Crippen LogP contribution < -0.4 is 0 Å². The fourth-order valence-corrected chi connectivity index (χ4v) is 3.25. The molecular formula is C17H13NO2S2. The maximum absolute atomic E-state index is 11.7. The summed E-state index contributed by atoms with van der Waals surface area (Å²) in [5.41, 5.74) is 2.84. The summed E-state index contributed by atoms with van der Waals surface area (Å²) in [6.45, 7) is 0.191. The number of benzene rings is 1. The Hall–Kier alpha value is -2.24. The molecule has 3 nitrogen and oxygen atoms in total. The highest BCUT2D eigenvalue weighted by atomic mass is 32.1. The number of carbonyl (C=O) groups excluding carboxylic acids is 1. The number of nitrogens with zero attached hydrogens (tertiary/aromatic N) is 1. The van der Waals surface area contributed by atoms with E-state index in [0.29, 0.717) is 0 Å². The highest BCUT2D eigenvalue weighted by Gasteiger charge is 2.06. The van der Waals surface area contributed by atoms with E-state index in [1.165, 1.54) is 6.08 Å². The topological polar surface area (TPSA) is 39.2 Å². The molecule has 2 aromatic heterocycles. The van der Waals surface area contributed by atoms with E-state index in [9.17, 15) is 4.79 Å². The van der Waals surface area contributed by atoms with Crippen LogP contribution in [0.1, 0.15) is 11.3 Å². The molecule has 0 aliphatic heterocycles. The Labute approximate surface area is 136 Å². The Balaban J connectivity index is 1.56. The van der Waals surface area contributed by atoms with Crippen LogP contribution in [0.2, 0.25) is 0 Å². The van der Waals surface area contributed by atoms with Gasteiger partial charge in [-0.25, -0.2) is 9.78 Å². The van der Waals surface area contributed by atoms with Crippen LogP contribution in [0.15, 0.2) is 58.6 Å². The molecule has 22 heavy (non-hydrogen) atoms. The first kappa shape index (κ1) is 14.7. The second kappa shape index (κ2) is 7.15.